The molecule has 0 saturated carbocycles. The van der Waals surface area contributed by atoms with Gasteiger partial charge in [0.2, 0.25) is 0 Å². The predicted molar refractivity (Wildman–Crippen MR) is 109 cm³/mol. The van der Waals surface area contributed by atoms with Gasteiger partial charge in [-0.2, -0.15) is 0 Å². The van der Waals surface area contributed by atoms with Gasteiger partial charge >= 0.3 is 0 Å². The Hall–Kier alpha value is -1.64. The molecule has 0 spiro atoms. The van der Waals surface area contributed by atoms with Gasteiger partial charge in [-0.05, 0) is 61.0 Å². The fraction of sp³-hybridized carbons (Fsp3) is 0.500. The SMILES string of the molecule is CCCC(CO)CC(CC(CCCO)c1ccccc1)c1ccccc1. The van der Waals surface area contributed by atoms with Crippen LogP contribution < -0.4 is 0 Å². The van der Waals surface area contributed by atoms with E-state index in [2.05, 4.69) is 67.6 Å². The van der Waals surface area contributed by atoms with Crippen LogP contribution in [-0.2, 0) is 0 Å². The summed E-state index contributed by atoms with van der Waals surface area (Å²) in [6, 6.07) is 21.4. The van der Waals surface area contributed by atoms with Gasteiger partial charge in [-0.3, -0.25) is 0 Å². The van der Waals surface area contributed by atoms with Gasteiger partial charge in [0.05, 0.1) is 0 Å². The monoisotopic (exact) mass is 354 g/mol. The van der Waals surface area contributed by atoms with E-state index in [-0.39, 0.29) is 13.2 Å². The zero-order valence-electron chi connectivity index (χ0n) is 16.1. The van der Waals surface area contributed by atoms with Gasteiger partial charge in [-0.1, -0.05) is 74.0 Å². The Kier molecular flexibility index (Phi) is 9.44. The Morgan fingerprint density at radius 2 is 1.31 bits per heavy atom. The highest BCUT2D eigenvalue weighted by Gasteiger charge is 2.22. The number of hydrogen-bond acceptors (Lipinski definition) is 2. The highest BCUT2D eigenvalue weighted by molar-refractivity contribution is 5.24. The van der Waals surface area contributed by atoms with Gasteiger partial charge in [0, 0.05) is 13.2 Å². The molecular weight excluding hydrogens is 320 g/mol. The Morgan fingerprint density at radius 1 is 0.731 bits per heavy atom. The first-order valence-electron chi connectivity index (χ1n) is 10.1. The van der Waals surface area contributed by atoms with Crippen molar-refractivity contribution in [3.05, 3.63) is 71.8 Å². The summed E-state index contributed by atoms with van der Waals surface area (Å²) in [5.74, 6) is 1.23. The normalized spacial score (nSPS) is 14.7. The summed E-state index contributed by atoms with van der Waals surface area (Å²) < 4.78 is 0. The number of benzene rings is 2. The Labute approximate surface area is 158 Å². The minimum atomic E-state index is 0.244. The zero-order valence-corrected chi connectivity index (χ0v) is 16.1. The Morgan fingerprint density at radius 3 is 1.81 bits per heavy atom. The molecule has 0 amide bonds. The van der Waals surface area contributed by atoms with E-state index in [0.29, 0.717) is 17.8 Å². The fourth-order valence-corrected chi connectivity index (χ4v) is 4.01. The molecule has 0 aliphatic heterocycles. The minimum Gasteiger partial charge on any atom is -0.396 e. The number of aliphatic hydroxyl groups excluding tert-OH is 2. The lowest BCUT2D eigenvalue weighted by Gasteiger charge is -2.27. The lowest BCUT2D eigenvalue weighted by Crippen LogP contribution is -2.15. The van der Waals surface area contributed by atoms with Crippen molar-refractivity contribution in [1.29, 1.82) is 0 Å². The second-order valence-electron chi connectivity index (χ2n) is 7.39. The van der Waals surface area contributed by atoms with Gasteiger partial charge in [0.25, 0.3) is 0 Å². The van der Waals surface area contributed by atoms with E-state index in [0.717, 1.165) is 38.5 Å². The summed E-state index contributed by atoms with van der Waals surface area (Å²) in [6.07, 6.45) is 6.11. The summed E-state index contributed by atoms with van der Waals surface area (Å²) in [5.41, 5.74) is 2.73. The molecule has 0 bridgehead atoms. The van der Waals surface area contributed by atoms with Gasteiger partial charge in [0.15, 0.2) is 0 Å². The first-order chi connectivity index (χ1) is 12.8. The van der Waals surface area contributed by atoms with Gasteiger partial charge < -0.3 is 10.2 Å². The molecule has 26 heavy (non-hydrogen) atoms. The molecule has 0 fully saturated rings. The molecule has 3 unspecified atom stereocenters. The first-order valence-corrected chi connectivity index (χ1v) is 10.1. The first kappa shape index (κ1) is 20.7. The van der Waals surface area contributed by atoms with Crippen LogP contribution in [0.4, 0.5) is 0 Å². The molecule has 3 atom stereocenters. The summed E-state index contributed by atoms with van der Waals surface area (Å²) in [4.78, 5) is 0. The van der Waals surface area contributed by atoms with Crippen molar-refractivity contribution in [3.8, 4) is 0 Å². The quantitative estimate of drug-likeness (QED) is 0.527. The fourth-order valence-electron chi connectivity index (χ4n) is 4.01. The highest BCUT2D eigenvalue weighted by Crippen LogP contribution is 2.37. The van der Waals surface area contributed by atoms with E-state index >= 15 is 0 Å². The van der Waals surface area contributed by atoms with Crippen LogP contribution in [0.25, 0.3) is 0 Å². The standard InChI is InChI=1S/C24H34O2/c1-2-10-20(19-26)17-24(22-13-7-4-8-14-22)18-23(15-9-16-25)21-11-5-3-6-12-21/h3-8,11-14,20,23-26H,2,9-10,15-19H2,1H3. The molecule has 0 aliphatic carbocycles. The second kappa shape index (κ2) is 11.9. The van der Waals surface area contributed by atoms with Gasteiger partial charge in [-0.15, -0.1) is 0 Å². The van der Waals surface area contributed by atoms with E-state index < -0.39 is 0 Å². The smallest absolute Gasteiger partial charge is 0.0459 e. The summed E-state index contributed by atoms with van der Waals surface area (Å²) in [7, 11) is 0. The molecular formula is C24H34O2. The molecule has 2 nitrogen and oxygen atoms in total. The third-order valence-corrected chi connectivity index (χ3v) is 5.39. The van der Waals surface area contributed by atoms with Crippen LogP contribution in [0.2, 0.25) is 0 Å². The lowest BCUT2D eigenvalue weighted by molar-refractivity contribution is 0.198. The predicted octanol–water partition coefficient (Wildman–Crippen LogP) is 5.52. The van der Waals surface area contributed by atoms with Crippen molar-refractivity contribution < 1.29 is 10.2 Å². The maximum atomic E-state index is 9.81. The van der Waals surface area contributed by atoms with Crippen LogP contribution in [0.3, 0.4) is 0 Å². The Balaban J connectivity index is 2.21. The van der Waals surface area contributed by atoms with Crippen LogP contribution in [-0.4, -0.2) is 23.4 Å². The maximum Gasteiger partial charge on any atom is 0.0459 e. The molecule has 2 aromatic rings. The van der Waals surface area contributed by atoms with Crippen LogP contribution in [0.5, 0.6) is 0 Å². The molecule has 2 heteroatoms. The molecule has 0 heterocycles. The average Bonchev–Trinajstić information content (AvgIpc) is 2.70. The minimum absolute atomic E-state index is 0.244. The van der Waals surface area contributed by atoms with E-state index in [1.807, 2.05) is 0 Å². The highest BCUT2D eigenvalue weighted by atomic mass is 16.3. The average molecular weight is 355 g/mol. The Bertz CT molecular complexity index is 582. The van der Waals surface area contributed by atoms with Crippen molar-refractivity contribution in [3.63, 3.8) is 0 Å². The van der Waals surface area contributed by atoms with Crippen molar-refractivity contribution in [2.24, 2.45) is 5.92 Å². The van der Waals surface area contributed by atoms with Crippen LogP contribution in [0, 0.1) is 5.92 Å². The third kappa shape index (κ3) is 6.59. The van der Waals surface area contributed by atoms with E-state index in [9.17, 15) is 10.2 Å². The molecule has 2 rings (SSSR count). The van der Waals surface area contributed by atoms with Crippen molar-refractivity contribution in [2.75, 3.05) is 13.2 Å². The molecule has 0 aliphatic rings. The molecule has 2 aromatic carbocycles. The molecule has 0 aromatic heterocycles. The molecule has 142 valence electrons. The number of rotatable bonds is 12. The van der Waals surface area contributed by atoms with Crippen LogP contribution >= 0.6 is 0 Å². The summed E-state index contributed by atoms with van der Waals surface area (Å²) in [6.45, 7) is 2.70. The largest absolute Gasteiger partial charge is 0.396 e. The molecule has 2 N–H and O–H groups in total. The van der Waals surface area contributed by atoms with Gasteiger partial charge in [-0.25, -0.2) is 0 Å². The second-order valence-corrected chi connectivity index (χ2v) is 7.39. The van der Waals surface area contributed by atoms with Crippen LogP contribution in [0.15, 0.2) is 60.7 Å². The van der Waals surface area contributed by atoms with E-state index in [4.69, 9.17) is 0 Å². The van der Waals surface area contributed by atoms with Gasteiger partial charge in [0.1, 0.15) is 0 Å². The summed E-state index contributed by atoms with van der Waals surface area (Å²) in [5, 5.41) is 19.1. The van der Waals surface area contributed by atoms with Crippen LogP contribution in [0.1, 0.15) is 68.4 Å². The van der Waals surface area contributed by atoms with E-state index in [1.165, 1.54) is 11.1 Å². The third-order valence-electron chi connectivity index (χ3n) is 5.39. The molecule has 0 radical (unpaired) electrons. The number of hydrogen-bond donors (Lipinski definition) is 2. The summed E-state index contributed by atoms with van der Waals surface area (Å²) >= 11 is 0. The number of aliphatic hydroxyl groups is 2. The van der Waals surface area contributed by atoms with E-state index in [1.54, 1.807) is 0 Å². The zero-order chi connectivity index (χ0) is 18.6. The lowest BCUT2D eigenvalue weighted by atomic mass is 9.78. The molecule has 0 saturated heterocycles. The van der Waals surface area contributed by atoms with Crippen molar-refractivity contribution in [1.82, 2.24) is 0 Å². The van der Waals surface area contributed by atoms with Crippen molar-refractivity contribution >= 4 is 0 Å². The topological polar surface area (TPSA) is 40.5 Å². The van der Waals surface area contributed by atoms with Crippen molar-refractivity contribution in [2.45, 2.75) is 57.3 Å². The maximum absolute atomic E-state index is 9.81.